The Labute approximate surface area is 145 Å². The number of hydrogen-bond acceptors (Lipinski definition) is 2. The second-order valence-corrected chi connectivity index (χ2v) is 6.65. The summed E-state index contributed by atoms with van der Waals surface area (Å²) < 4.78 is 0. The van der Waals surface area contributed by atoms with Crippen LogP contribution in [-0.2, 0) is 11.3 Å². The molecule has 0 aliphatic heterocycles. The standard InChI is InChI=1S/C21H28N2O/c1-15(2)19-7-5-6-17(4)21(19)23-20(24)12-13-22-14-18-10-8-16(3)9-11-18/h5-11,15,22H,12-14H2,1-4H3,(H,23,24). The van der Waals surface area contributed by atoms with Gasteiger partial charge >= 0.3 is 0 Å². The molecule has 3 heteroatoms. The molecule has 24 heavy (non-hydrogen) atoms. The van der Waals surface area contributed by atoms with E-state index < -0.39 is 0 Å². The number of benzene rings is 2. The number of carbonyl (C=O) groups is 1. The molecular weight excluding hydrogens is 296 g/mol. The molecule has 128 valence electrons. The summed E-state index contributed by atoms with van der Waals surface area (Å²) in [6.07, 6.45) is 0.470. The monoisotopic (exact) mass is 324 g/mol. The van der Waals surface area contributed by atoms with Crippen molar-refractivity contribution in [2.75, 3.05) is 11.9 Å². The molecular formula is C21H28N2O. The Bertz CT molecular complexity index is 675. The lowest BCUT2D eigenvalue weighted by Crippen LogP contribution is -2.22. The number of hydrogen-bond donors (Lipinski definition) is 2. The highest BCUT2D eigenvalue weighted by Crippen LogP contribution is 2.27. The smallest absolute Gasteiger partial charge is 0.225 e. The van der Waals surface area contributed by atoms with Crippen LogP contribution >= 0.6 is 0 Å². The van der Waals surface area contributed by atoms with Gasteiger partial charge in [0.1, 0.15) is 0 Å². The van der Waals surface area contributed by atoms with Gasteiger partial charge in [-0.05, 0) is 36.5 Å². The van der Waals surface area contributed by atoms with Gasteiger partial charge in [0.15, 0.2) is 0 Å². The largest absolute Gasteiger partial charge is 0.326 e. The maximum Gasteiger partial charge on any atom is 0.225 e. The van der Waals surface area contributed by atoms with E-state index in [2.05, 4.69) is 61.7 Å². The van der Waals surface area contributed by atoms with E-state index >= 15 is 0 Å². The molecule has 1 amide bonds. The van der Waals surface area contributed by atoms with Crippen molar-refractivity contribution in [2.45, 2.75) is 46.6 Å². The Kier molecular flexibility index (Phi) is 6.56. The van der Waals surface area contributed by atoms with Crippen molar-refractivity contribution in [2.24, 2.45) is 0 Å². The van der Waals surface area contributed by atoms with Crippen LogP contribution in [-0.4, -0.2) is 12.5 Å². The zero-order valence-electron chi connectivity index (χ0n) is 15.1. The van der Waals surface area contributed by atoms with Gasteiger partial charge in [0.25, 0.3) is 0 Å². The molecule has 0 unspecified atom stereocenters. The summed E-state index contributed by atoms with van der Waals surface area (Å²) in [4.78, 5) is 12.2. The zero-order chi connectivity index (χ0) is 17.5. The minimum absolute atomic E-state index is 0.0580. The van der Waals surface area contributed by atoms with Crippen LogP contribution in [0.2, 0.25) is 0 Å². The summed E-state index contributed by atoms with van der Waals surface area (Å²) >= 11 is 0. The van der Waals surface area contributed by atoms with Gasteiger partial charge in [-0.2, -0.15) is 0 Å². The molecule has 0 radical (unpaired) electrons. The zero-order valence-corrected chi connectivity index (χ0v) is 15.1. The summed E-state index contributed by atoms with van der Waals surface area (Å²) in [5.41, 5.74) is 5.77. The van der Waals surface area contributed by atoms with E-state index in [1.165, 1.54) is 16.7 Å². The SMILES string of the molecule is Cc1ccc(CNCCC(=O)Nc2c(C)cccc2C(C)C)cc1. The topological polar surface area (TPSA) is 41.1 Å². The maximum atomic E-state index is 12.2. The van der Waals surface area contributed by atoms with Crippen molar-refractivity contribution in [3.63, 3.8) is 0 Å². The molecule has 3 nitrogen and oxygen atoms in total. The van der Waals surface area contributed by atoms with E-state index in [0.29, 0.717) is 18.9 Å². The van der Waals surface area contributed by atoms with Crippen molar-refractivity contribution in [1.82, 2.24) is 5.32 Å². The van der Waals surface area contributed by atoms with Gasteiger partial charge in [0.05, 0.1) is 0 Å². The lowest BCUT2D eigenvalue weighted by molar-refractivity contribution is -0.116. The molecule has 0 aromatic heterocycles. The molecule has 2 N–H and O–H groups in total. The normalized spacial score (nSPS) is 10.9. The quantitative estimate of drug-likeness (QED) is 0.734. The van der Waals surface area contributed by atoms with Crippen molar-refractivity contribution in [3.05, 3.63) is 64.7 Å². The highest BCUT2D eigenvalue weighted by Gasteiger charge is 2.11. The summed E-state index contributed by atoms with van der Waals surface area (Å²) in [5, 5.41) is 6.42. The molecule has 0 heterocycles. The molecule has 2 aromatic rings. The molecule has 0 aliphatic rings. The Hall–Kier alpha value is -2.13. The second-order valence-electron chi connectivity index (χ2n) is 6.65. The maximum absolute atomic E-state index is 12.2. The van der Waals surface area contributed by atoms with Crippen LogP contribution in [0.5, 0.6) is 0 Å². The number of para-hydroxylation sites is 1. The fraction of sp³-hybridized carbons (Fsp3) is 0.381. The van der Waals surface area contributed by atoms with E-state index in [0.717, 1.165) is 17.8 Å². The van der Waals surface area contributed by atoms with Crippen molar-refractivity contribution in [1.29, 1.82) is 0 Å². The van der Waals surface area contributed by atoms with Gasteiger partial charge in [-0.1, -0.05) is 61.9 Å². The molecule has 0 atom stereocenters. The van der Waals surface area contributed by atoms with Gasteiger partial charge in [-0.15, -0.1) is 0 Å². The van der Waals surface area contributed by atoms with Gasteiger partial charge in [-0.25, -0.2) is 0 Å². The van der Waals surface area contributed by atoms with Crippen LogP contribution in [0.1, 0.15) is 48.4 Å². The first-order valence-electron chi connectivity index (χ1n) is 8.63. The number of rotatable bonds is 7. The third-order valence-corrected chi connectivity index (χ3v) is 4.17. The lowest BCUT2D eigenvalue weighted by atomic mass is 9.98. The van der Waals surface area contributed by atoms with Gasteiger partial charge < -0.3 is 10.6 Å². The van der Waals surface area contributed by atoms with E-state index in [1.807, 2.05) is 19.1 Å². The third-order valence-electron chi connectivity index (χ3n) is 4.17. The van der Waals surface area contributed by atoms with Crippen LogP contribution < -0.4 is 10.6 Å². The average Bonchev–Trinajstić information content (AvgIpc) is 2.55. The van der Waals surface area contributed by atoms with Crippen molar-refractivity contribution in [3.8, 4) is 0 Å². The summed E-state index contributed by atoms with van der Waals surface area (Å²) in [5.74, 6) is 0.447. The highest BCUT2D eigenvalue weighted by molar-refractivity contribution is 5.92. The molecule has 2 aromatic carbocycles. The number of aryl methyl sites for hydroxylation is 2. The molecule has 0 spiro atoms. The highest BCUT2D eigenvalue weighted by atomic mass is 16.1. The van der Waals surface area contributed by atoms with E-state index in [1.54, 1.807) is 0 Å². The van der Waals surface area contributed by atoms with Crippen LogP contribution in [0.4, 0.5) is 5.69 Å². The molecule has 0 fully saturated rings. The number of amides is 1. The second kappa shape index (κ2) is 8.65. The number of anilines is 1. The van der Waals surface area contributed by atoms with Crippen molar-refractivity contribution >= 4 is 11.6 Å². The number of nitrogens with one attached hydrogen (secondary N) is 2. The van der Waals surface area contributed by atoms with Gasteiger partial charge in [0, 0.05) is 25.2 Å². The summed E-state index contributed by atoms with van der Waals surface area (Å²) in [6, 6.07) is 14.6. The third kappa shape index (κ3) is 5.20. The molecule has 0 saturated heterocycles. The van der Waals surface area contributed by atoms with E-state index in [9.17, 15) is 4.79 Å². The van der Waals surface area contributed by atoms with Gasteiger partial charge in [0.2, 0.25) is 5.91 Å². The molecule has 0 saturated carbocycles. The predicted octanol–water partition coefficient (Wildman–Crippen LogP) is 4.55. The van der Waals surface area contributed by atoms with Crippen LogP contribution in [0.15, 0.2) is 42.5 Å². The fourth-order valence-corrected chi connectivity index (χ4v) is 2.68. The number of carbonyl (C=O) groups excluding carboxylic acids is 1. The first-order valence-corrected chi connectivity index (χ1v) is 8.63. The first kappa shape index (κ1) is 18.2. The Balaban J connectivity index is 1.82. The Morgan fingerprint density at radius 3 is 2.42 bits per heavy atom. The van der Waals surface area contributed by atoms with E-state index in [-0.39, 0.29) is 5.91 Å². The van der Waals surface area contributed by atoms with E-state index in [4.69, 9.17) is 0 Å². The summed E-state index contributed by atoms with van der Waals surface area (Å²) in [7, 11) is 0. The van der Waals surface area contributed by atoms with Crippen LogP contribution in [0.25, 0.3) is 0 Å². The van der Waals surface area contributed by atoms with Crippen molar-refractivity contribution < 1.29 is 4.79 Å². The minimum Gasteiger partial charge on any atom is -0.326 e. The van der Waals surface area contributed by atoms with Crippen LogP contribution in [0.3, 0.4) is 0 Å². The van der Waals surface area contributed by atoms with Gasteiger partial charge in [-0.3, -0.25) is 4.79 Å². The summed E-state index contributed by atoms with van der Waals surface area (Å²) in [6.45, 7) is 9.87. The average molecular weight is 324 g/mol. The first-order chi connectivity index (χ1) is 11.5. The van der Waals surface area contributed by atoms with Crippen LogP contribution in [0, 0.1) is 13.8 Å². The molecule has 2 rings (SSSR count). The fourth-order valence-electron chi connectivity index (χ4n) is 2.68. The Morgan fingerprint density at radius 1 is 1.04 bits per heavy atom. The predicted molar refractivity (Wildman–Crippen MR) is 101 cm³/mol. The molecule has 0 bridgehead atoms. The Morgan fingerprint density at radius 2 is 1.75 bits per heavy atom. The molecule has 0 aliphatic carbocycles. The minimum atomic E-state index is 0.0580. The lowest BCUT2D eigenvalue weighted by Gasteiger charge is -2.16.